The summed E-state index contributed by atoms with van der Waals surface area (Å²) in [4.78, 5) is 0. The summed E-state index contributed by atoms with van der Waals surface area (Å²) in [7, 11) is 0. The van der Waals surface area contributed by atoms with Crippen molar-refractivity contribution in [3.05, 3.63) is 72.3 Å². The Bertz CT molecular complexity index is 1150. The number of rotatable bonds is 7. The van der Waals surface area contributed by atoms with Crippen LogP contribution in [0.2, 0.25) is 0 Å². The lowest BCUT2D eigenvalue weighted by Gasteiger charge is -2.58. The highest BCUT2D eigenvalue weighted by Gasteiger charge is 2.59. The summed E-state index contributed by atoms with van der Waals surface area (Å²) in [5.74, 6) is 5.46. The summed E-state index contributed by atoms with van der Waals surface area (Å²) in [6.45, 7) is 12.6. The molecule has 1 N–H and O–H groups in total. The van der Waals surface area contributed by atoms with Crippen LogP contribution in [0.5, 0.6) is 0 Å². The summed E-state index contributed by atoms with van der Waals surface area (Å²) in [5.41, 5.74) is 4.35. The van der Waals surface area contributed by atoms with Crippen LogP contribution < -0.4 is 0 Å². The Labute approximate surface area is 256 Å². The molecule has 6 rings (SSSR count). The molecular weight excluding hydrogens is 512 g/mol. The zero-order valence-corrected chi connectivity index (χ0v) is 27.0. The highest BCUT2D eigenvalue weighted by atomic mass is 16.3. The van der Waals surface area contributed by atoms with E-state index in [2.05, 4.69) is 50.9 Å². The van der Waals surface area contributed by atoms with Gasteiger partial charge >= 0.3 is 0 Å². The molecule has 228 valence electrons. The smallest absolute Gasteiger partial charge is 0.0857 e. The standard InChI is InChI=1S/C27H46O.C12H10N2/c1-18(2)7-6-8-19(3)23-11-12-24-22-10-9-20-17-21(28)13-15-26(20,4)25(22)14-16-27(23,24)5;1-3-7-11(8-4-1)13-14-12-9-5-2-6-10-12/h9,18-19,21-25,28H,6-8,10-17H2,1-5H3;1-10H/t19-,21+,22+,23-,24+,25+,26+,27-;/m1./s1. The van der Waals surface area contributed by atoms with E-state index in [1.54, 1.807) is 5.57 Å². The van der Waals surface area contributed by atoms with Gasteiger partial charge in [0.15, 0.2) is 0 Å². The van der Waals surface area contributed by atoms with Gasteiger partial charge in [-0.2, -0.15) is 10.2 Å². The molecule has 0 amide bonds. The quantitative estimate of drug-likeness (QED) is 0.262. The molecule has 2 aromatic rings. The summed E-state index contributed by atoms with van der Waals surface area (Å²) in [6, 6.07) is 19.4. The zero-order valence-electron chi connectivity index (χ0n) is 27.0. The third-order valence-electron chi connectivity index (χ3n) is 12.1. The second kappa shape index (κ2) is 13.6. The molecule has 3 saturated carbocycles. The molecule has 3 nitrogen and oxygen atoms in total. The van der Waals surface area contributed by atoms with Gasteiger partial charge in [-0.3, -0.25) is 0 Å². The van der Waals surface area contributed by atoms with Crippen LogP contribution in [0.3, 0.4) is 0 Å². The maximum atomic E-state index is 10.2. The van der Waals surface area contributed by atoms with Gasteiger partial charge in [0.2, 0.25) is 0 Å². The van der Waals surface area contributed by atoms with E-state index in [0.717, 1.165) is 59.7 Å². The number of hydrogen-bond donors (Lipinski definition) is 1. The maximum absolute atomic E-state index is 10.2. The van der Waals surface area contributed by atoms with Crippen molar-refractivity contribution in [2.24, 2.45) is 56.6 Å². The average molecular weight is 569 g/mol. The van der Waals surface area contributed by atoms with Gasteiger partial charge in [0, 0.05) is 0 Å². The normalized spacial score (nSPS) is 34.5. The van der Waals surface area contributed by atoms with E-state index >= 15 is 0 Å². The lowest BCUT2D eigenvalue weighted by Crippen LogP contribution is -2.50. The SMILES string of the molecule is CC(C)CCC[C@@H](C)[C@H]1CC[C@H]2[C@@H]3CC=C4C[C@@H](O)CC[C@]4(C)[C@H]3CC[C@]12C.c1ccc(N=Nc2ccccc2)cc1. The van der Waals surface area contributed by atoms with Crippen molar-refractivity contribution in [2.45, 2.75) is 111 Å². The lowest BCUT2D eigenvalue weighted by molar-refractivity contribution is -0.0573. The molecular formula is C39H56N2O. The molecule has 0 bridgehead atoms. The van der Waals surface area contributed by atoms with Crippen molar-refractivity contribution in [3.8, 4) is 0 Å². The number of nitrogens with zero attached hydrogens (tertiary/aromatic N) is 2. The van der Waals surface area contributed by atoms with Crippen molar-refractivity contribution >= 4 is 11.4 Å². The number of fused-ring (bicyclic) bond motifs is 5. The molecule has 2 aromatic carbocycles. The molecule has 0 unspecified atom stereocenters. The Hall–Kier alpha value is -2.26. The van der Waals surface area contributed by atoms with Crippen molar-refractivity contribution in [1.82, 2.24) is 0 Å². The number of allylic oxidation sites excluding steroid dienone is 1. The first-order valence-corrected chi connectivity index (χ1v) is 17.1. The predicted octanol–water partition coefficient (Wildman–Crippen LogP) is 11.5. The van der Waals surface area contributed by atoms with Crippen LogP contribution in [-0.2, 0) is 0 Å². The molecule has 42 heavy (non-hydrogen) atoms. The first kappa shape index (κ1) is 31.2. The van der Waals surface area contributed by atoms with E-state index in [1.807, 2.05) is 60.7 Å². The third-order valence-corrected chi connectivity index (χ3v) is 12.1. The summed E-state index contributed by atoms with van der Waals surface area (Å²) in [5, 5.41) is 18.4. The van der Waals surface area contributed by atoms with Gasteiger partial charge in [0.05, 0.1) is 17.5 Å². The van der Waals surface area contributed by atoms with Gasteiger partial charge in [-0.05, 0) is 122 Å². The van der Waals surface area contributed by atoms with E-state index < -0.39 is 0 Å². The Kier molecular flexibility index (Phi) is 10.1. The summed E-state index contributed by atoms with van der Waals surface area (Å²) >= 11 is 0. The molecule has 3 heteroatoms. The average Bonchev–Trinajstić information content (AvgIpc) is 3.35. The molecule has 3 fully saturated rings. The minimum atomic E-state index is -0.0766. The van der Waals surface area contributed by atoms with E-state index in [-0.39, 0.29) is 6.10 Å². The highest BCUT2D eigenvalue weighted by molar-refractivity contribution is 5.39. The van der Waals surface area contributed by atoms with Crippen LogP contribution in [-0.4, -0.2) is 11.2 Å². The van der Waals surface area contributed by atoms with Crippen molar-refractivity contribution in [2.75, 3.05) is 0 Å². The van der Waals surface area contributed by atoms with Crippen LogP contribution in [0.4, 0.5) is 11.4 Å². The molecule has 4 aliphatic rings. The molecule has 0 spiro atoms. The second-order valence-electron chi connectivity index (χ2n) is 15.1. The lowest BCUT2D eigenvalue weighted by atomic mass is 9.47. The van der Waals surface area contributed by atoms with Crippen LogP contribution in [0, 0.1) is 46.3 Å². The van der Waals surface area contributed by atoms with Crippen LogP contribution in [0.25, 0.3) is 0 Å². The molecule has 0 heterocycles. The van der Waals surface area contributed by atoms with Gasteiger partial charge in [0.1, 0.15) is 0 Å². The third kappa shape index (κ3) is 6.77. The predicted molar refractivity (Wildman–Crippen MR) is 176 cm³/mol. The van der Waals surface area contributed by atoms with E-state index in [4.69, 9.17) is 0 Å². The van der Waals surface area contributed by atoms with Gasteiger partial charge < -0.3 is 5.11 Å². The topological polar surface area (TPSA) is 45.0 Å². The number of aliphatic hydroxyl groups is 1. The Balaban J connectivity index is 0.000000211. The Morgan fingerprint density at radius 1 is 0.786 bits per heavy atom. The summed E-state index contributed by atoms with van der Waals surface area (Å²) < 4.78 is 0. The monoisotopic (exact) mass is 568 g/mol. The molecule has 0 aliphatic heterocycles. The molecule has 0 radical (unpaired) electrons. The second-order valence-corrected chi connectivity index (χ2v) is 15.1. The van der Waals surface area contributed by atoms with Crippen LogP contribution in [0.1, 0.15) is 105 Å². The zero-order chi connectivity index (χ0) is 29.7. The van der Waals surface area contributed by atoms with Crippen LogP contribution in [0.15, 0.2) is 82.5 Å². The molecule has 0 saturated heterocycles. The first-order valence-electron chi connectivity index (χ1n) is 17.1. The minimum absolute atomic E-state index is 0.0766. The maximum Gasteiger partial charge on any atom is 0.0857 e. The number of hydrogen-bond acceptors (Lipinski definition) is 3. The first-order chi connectivity index (χ1) is 20.2. The fourth-order valence-electron chi connectivity index (χ4n) is 9.77. The number of benzene rings is 2. The molecule has 0 aromatic heterocycles. The largest absolute Gasteiger partial charge is 0.393 e. The Morgan fingerprint density at radius 3 is 2.05 bits per heavy atom. The van der Waals surface area contributed by atoms with E-state index in [0.29, 0.717) is 10.8 Å². The minimum Gasteiger partial charge on any atom is -0.393 e. The summed E-state index contributed by atoms with van der Waals surface area (Å²) in [6.07, 6.45) is 17.2. The van der Waals surface area contributed by atoms with E-state index in [1.165, 1.54) is 57.8 Å². The van der Waals surface area contributed by atoms with Gasteiger partial charge in [-0.15, -0.1) is 0 Å². The van der Waals surface area contributed by atoms with Gasteiger partial charge in [-0.1, -0.05) is 102 Å². The number of azo groups is 1. The number of aliphatic hydroxyl groups excluding tert-OH is 1. The van der Waals surface area contributed by atoms with Crippen LogP contribution >= 0.6 is 0 Å². The van der Waals surface area contributed by atoms with Crippen molar-refractivity contribution < 1.29 is 5.11 Å². The van der Waals surface area contributed by atoms with Crippen molar-refractivity contribution in [1.29, 1.82) is 0 Å². The van der Waals surface area contributed by atoms with Crippen molar-refractivity contribution in [3.63, 3.8) is 0 Å². The van der Waals surface area contributed by atoms with Gasteiger partial charge in [-0.25, -0.2) is 0 Å². The fraction of sp³-hybridized carbons (Fsp3) is 0.641. The molecule has 8 atom stereocenters. The van der Waals surface area contributed by atoms with Gasteiger partial charge in [0.25, 0.3) is 0 Å². The highest BCUT2D eigenvalue weighted by Crippen LogP contribution is 2.67. The fourth-order valence-corrected chi connectivity index (χ4v) is 9.77. The molecule has 4 aliphatic carbocycles. The van der Waals surface area contributed by atoms with E-state index in [9.17, 15) is 5.11 Å². The Morgan fingerprint density at radius 2 is 1.43 bits per heavy atom.